The molecule has 1 heterocycles. The van der Waals surface area contributed by atoms with Gasteiger partial charge in [0.1, 0.15) is 0 Å². The number of anilines is 2. The van der Waals surface area contributed by atoms with Gasteiger partial charge >= 0.3 is 0 Å². The summed E-state index contributed by atoms with van der Waals surface area (Å²) in [7, 11) is 0. The van der Waals surface area contributed by atoms with E-state index in [4.69, 9.17) is 0 Å². The van der Waals surface area contributed by atoms with Gasteiger partial charge in [0.25, 0.3) is 0 Å². The van der Waals surface area contributed by atoms with Crippen molar-refractivity contribution in [1.29, 1.82) is 0 Å². The van der Waals surface area contributed by atoms with Crippen molar-refractivity contribution in [2.45, 2.75) is 40.5 Å². The Morgan fingerprint density at radius 1 is 1.25 bits per heavy atom. The van der Waals surface area contributed by atoms with Crippen LogP contribution in [0.25, 0.3) is 0 Å². The zero-order valence-electron chi connectivity index (χ0n) is 14.9. The fourth-order valence-electron chi connectivity index (χ4n) is 3.71. The number of hydrogen-bond acceptors (Lipinski definition) is 2. The van der Waals surface area contributed by atoms with Crippen molar-refractivity contribution in [3.8, 4) is 0 Å². The number of benzene rings is 1. The predicted molar refractivity (Wildman–Crippen MR) is 96.9 cm³/mol. The van der Waals surface area contributed by atoms with Gasteiger partial charge < -0.3 is 10.2 Å². The number of rotatable bonds is 4. The molecule has 3 rings (SSSR count). The number of hydrogen-bond donors (Lipinski definition) is 1. The molecule has 1 saturated heterocycles. The lowest BCUT2D eigenvalue weighted by atomic mass is 10.1. The molecule has 1 aromatic carbocycles. The molecule has 1 saturated carbocycles. The summed E-state index contributed by atoms with van der Waals surface area (Å²) in [6, 6.07) is 7.57. The fourth-order valence-corrected chi connectivity index (χ4v) is 3.71. The van der Waals surface area contributed by atoms with Crippen LogP contribution in [0, 0.1) is 17.3 Å². The second-order valence-corrected chi connectivity index (χ2v) is 7.75. The highest BCUT2D eigenvalue weighted by molar-refractivity contribution is 5.97. The Morgan fingerprint density at radius 2 is 1.92 bits per heavy atom. The maximum Gasteiger partial charge on any atom is 0.228 e. The first kappa shape index (κ1) is 16.7. The molecule has 0 bridgehead atoms. The molecular weight excluding hydrogens is 300 g/mol. The molecule has 24 heavy (non-hydrogen) atoms. The van der Waals surface area contributed by atoms with E-state index >= 15 is 0 Å². The molecule has 1 aliphatic heterocycles. The van der Waals surface area contributed by atoms with E-state index in [0.29, 0.717) is 12.3 Å². The standard InChI is InChI=1S/C20H26N2O2/c1-13(2)12-16-18(20(16,3)4)19(24)21-14-7-9-15(10-8-14)22-11-5-6-17(22)23/h7-10,12,16,18H,5-6,11H2,1-4H3,(H,21,24). The molecule has 1 N–H and O–H groups in total. The van der Waals surface area contributed by atoms with E-state index < -0.39 is 0 Å². The van der Waals surface area contributed by atoms with Crippen LogP contribution < -0.4 is 10.2 Å². The van der Waals surface area contributed by atoms with Crippen molar-refractivity contribution in [2.24, 2.45) is 17.3 Å². The van der Waals surface area contributed by atoms with Crippen molar-refractivity contribution in [1.82, 2.24) is 0 Å². The molecule has 1 aromatic rings. The van der Waals surface area contributed by atoms with E-state index in [1.807, 2.05) is 24.3 Å². The SMILES string of the molecule is CC(C)=CC1C(C(=O)Nc2ccc(N3CCCC3=O)cc2)C1(C)C. The minimum Gasteiger partial charge on any atom is -0.326 e. The lowest BCUT2D eigenvalue weighted by Crippen LogP contribution is -2.23. The van der Waals surface area contributed by atoms with Gasteiger partial charge in [0, 0.05) is 24.3 Å². The number of allylic oxidation sites excluding steroid dienone is 2. The van der Waals surface area contributed by atoms with Crippen molar-refractivity contribution >= 4 is 23.2 Å². The summed E-state index contributed by atoms with van der Waals surface area (Å²) in [6.07, 6.45) is 3.74. The average molecular weight is 326 g/mol. The topological polar surface area (TPSA) is 49.4 Å². The molecule has 4 heteroatoms. The molecule has 4 nitrogen and oxygen atoms in total. The summed E-state index contributed by atoms with van der Waals surface area (Å²) in [5.41, 5.74) is 2.96. The van der Waals surface area contributed by atoms with E-state index in [1.165, 1.54) is 5.57 Å². The van der Waals surface area contributed by atoms with Gasteiger partial charge in [0.15, 0.2) is 0 Å². The van der Waals surface area contributed by atoms with E-state index in [1.54, 1.807) is 4.90 Å². The molecule has 2 fully saturated rings. The van der Waals surface area contributed by atoms with Crippen molar-refractivity contribution in [2.75, 3.05) is 16.8 Å². The van der Waals surface area contributed by atoms with Gasteiger partial charge in [-0.05, 0) is 55.9 Å². The monoisotopic (exact) mass is 326 g/mol. The van der Waals surface area contributed by atoms with Crippen LogP contribution in [0.2, 0.25) is 0 Å². The summed E-state index contributed by atoms with van der Waals surface area (Å²) in [5.74, 6) is 0.583. The molecule has 0 radical (unpaired) electrons. The van der Waals surface area contributed by atoms with Crippen molar-refractivity contribution in [3.05, 3.63) is 35.9 Å². The molecular formula is C20H26N2O2. The first-order valence-electron chi connectivity index (χ1n) is 8.67. The van der Waals surface area contributed by atoms with Crippen LogP contribution >= 0.6 is 0 Å². The van der Waals surface area contributed by atoms with Gasteiger partial charge in [-0.2, -0.15) is 0 Å². The lowest BCUT2D eigenvalue weighted by Gasteiger charge is -2.16. The molecule has 128 valence electrons. The Morgan fingerprint density at radius 3 is 2.46 bits per heavy atom. The largest absolute Gasteiger partial charge is 0.326 e. The van der Waals surface area contributed by atoms with E-state index in [9.17, 15) is 9.59 Å². The first-order valence-corrected chi connectivity index (χ1v) is 8.67. The smallest absolute Gasteiger partial charge is 0.228 e. The van der Waals surface area contributed by atoms with Crippen LogP contribution in [0.5, 0.6) is 0 Å². The minimum absolute atomic E-state index is 0.0171. The number of nitrogens with zero attached hydrogens (tertiary/aromatic N) is 1. The molecule has 1 aliphatic carbocycles. The number of carbonyl (C=O) groups excluding carboxylic acids is 2. The van der Waals surface area contributed by atoms with Crippen LogP contribution in [0.15, 0.2) is 35.9 Å². The molecule has 2 unspecified atom stereocenters. The average Bonchev–Trinajstić information content (AvgIpc) is 2.82. The molecule has 2 aliphatic rings. The summed E-state index contributed by atoms with van der Waals surface area (Å²) < 4.78 is 0. The third-order valence-electron chi connectivity index (χ3n) is 5.23. The zero-order valence-corrected chi connectivity index (χ0v) is 14.9. The summed E-state index contributed by atoms with van der Waals surface area (Å²) >= 11 is 0. The zero-order chi connectivity index (χ0) is 17.5. The maximum atomic E-state index is 12.6. The molecule has 2 amide bonds. The Labute approximate surface area is 143 Å². The van der Waals surface area contributed by atoms with Crippen LogP contribution in [0.4, 0.5) is 11.4 Å². The van der Waals surface area contributed by atoms with E-state index in [0.717, 1.165) is 24.3 Å². The van der Waals surface area contributed by atoms with E-state index in [-0.39, 0.29) is 23.1 Å². The number of nitrogens with one attached hydrogen (secondary N) is 1. The highest BCUT2D eigenvalue weighted by Crippen LogP contribution is 2.59. The van der Waals surface area contributed by atoms with Gasteiger partial charge in [-0.15, -0.1) is 0 Å². The van der Waals surface area contributed by atoms with E-state index in [2.05, 4.69) is 39.1 Å². The number of carbonyl (C=O) groups is 2. The third kappa shape index (κ3) is 3.10. The Hall–Kier alpha value is -2.10. The Kier molecular flexibility index (Phi) is 4.24. The molecule has 0 spiro atoms. The fraction of sp³-hybridized carbons (Fsp3) is 0.500. The summed E-state index contributed by atoms with van der Waals surface area (Å²) in [4.78, 5) is 26.2. The maximum absolute atomic E-state index is 12.6. The van der Waals surface area contributed by atoms with Crippen LogP contribution in [0.3, 0.4) is 0 Å². The Bertz CT molecular complexity index is 684. The first-order chi connectivity index (χ1) is 11.3. The van der Waals surface area contributed by atoms with Crippen LogP contribution in [-0.2, 0) is 9.59 Å². The summed E-state index contributed by atoms with van der Waals surface area (Å²) in [6.45, 7) is 9.21. The van der Waals surface area contributed by atoms with Gasteiger partial charge in [-0.1, -0.05) is 25.5 Å². The lowest BCUT2D eigenvalue weighted by molar-refractivity contribution is -0.118. The molecule has 0 aromatic heterocycles. The highest BCUT2D eigenvalue weighted by atomic mass is 16.2. The van der Waals surface area contributed by atoms with Gasteiger partial charge in [0.05, 0.1) is 5.92 Å². The second-order valence-electron chi connectivity index (χ2n) is 7.75. The quantitative estimate of drug-likeness (QED) is 0.851. The van der Waals surface area contributed by atoms with Crippen molar-refractivity contribution < 1.29 is 9.59 Å². The molecule has 2 atom stereocenters. The minimum atomic E-state index is 0.0171. The van der Waals surface area contributed by atoms with Crippen LogP contribution in [-0.4, -0.2) is 18.4 Å². The third-order valence-corrected chi connectivity index (χ3v) is 5.23. The predicted octanol–water partition coefficient (Wildman–Crippen LogP) is 3.99. The second kappa shape index (κ2) is 6.08. The normalized spacial score (nSPS) is 24.7. The number of amides is 2. The van der Waals surface area contributed by atoms with Crippen molar-refractivity contribution in [3.63, 3.8) is 0 Å². The van der Waals surface area contributed by atoms with Gasteiger partial charge in [-0.25, -0.2) is 0 Å². The van der Waals surface area contributed by atoms with Gasteiger partial charge in [-0.3, -0.25) is 9.59 Å². The summed E-state index contributed by atoms with van der Waals surface area (Å²) in [5, 5.41) is 3.02. The van der Waals surface area contributed by atoms with Crippen LogP contribution in [0.1, 0.15) is 40.5 Å². The highest BCUT2D eigenvalue weighted by Gasteiger charge is 2.60. The Balaban J connectivity index is 1.65. The van der Waals surface area contributed by atoms with Gasteiger partial charge in [0.2, 0.25) is 11.8 Å².